The molecule has 0 radical (unpaired) electrons. The number of hydrogen-bond donors (Lipinski definition) is 0. The van der Waals surface area contributed by atoms with Crippen LogP contribution in [0.2, 0.25) is 0 Å². The second-order valence-corrected chi connectivity index (χ2v) is 7.27. The van der Waals surface area contributed by atoms with E-state index in [9.17, 15) is 0 Å². The summed E-state index contributed by atoms with van der Waals surface area (Å²) < 4.78 is 17.6. The van der Waals surface area contributed by atoms with Crippen LogP contribution in [0.4, 0.5) is 5.69 Å². The standard InChI is InChI=1S/C19H30N2O3.ClH/c1-15-19(2,3)23-14-16(24-15)13-20-9-11-21(12-10-20)17-7-5-6-8-18(17)22-4;/h5-8,15-16H,9-14H2,1-4H3;1H. The second-order valence-electron chi connectivity index (χ2n) is 7.27. The third-order valence-corrected chi connectivity index (χ3v) is 5.28. The fourth-order valence-corrected chi connectivity index (χ4v) is 3.36. The highest BCUT2D eigenvalue weighted by Crippen LogP contribution is 2.29. The first-order chi connectivity index (χ1) is 11.5. The van der Waals surface area contributed by atoms with Gasteiger partial charge in [0.05, 0.1) is 37.2 Å². The Balaban J connectivity index is 0.00000225. The molecule has 6 heteroatoms. The topological polar surface area (TPSA) is 34.2 Å². The van der Waals surface area contributed by atoms with Gasteiger partial charge in [-0.1, -0.05) is 12.1 Å². The number of benzene rings is 1. The summed E-state index contributed by atoms with van der Waals surface area (Å²) in [6.45, 7) is 12.0. The van der Waals surface area contributed by atoms with E-state index in [-0.39, 0.29) is 30.2 Å². The molecule has 2 saturated heterocycles. The molecule has 2 atom stereocenters. The second kappa shape index (κ2) is 8.58. The number of hydrogen-bond acceptors (Lipinski definition) is 5. The summed E-state index contributed by atoms with van der Waals surface area (Å²) in [5.41, 5.74) is 1.01. The van der Waals surface area contributed by atoms with Crippen molar-refractivity contribution in [2.45, 2.75) is 38.6 Å². The zero-order valence-electron chi connectivity index (χ0n) is 15.7. The minimum atomic E-state index is -0.181. The Labute approximate surface area is 157 Å². The molecule has 0 amide bonds. The van der Waals surface area contributed by atoms with Crippen LogP contribution in [-0.2, 0) is 9.47 Å². The molecule has 1 aromatic carbocycles. The van der Waals surface area contributed by atoms with Gasteiger partial charge in [0.1, 0.15) is 5.75 Å². The van der Waals surface area contributed by atoms with Gasteiger partial charge in [-0.05, 0) is 32.9 Å². The van der Waals surface area contributed by atoms with Crippen molar-refractivity contribution in [2.24, 2.45) is 0 Å². The van der Waals surface area contributed by atoms with Gasteiger partial charge in [-0.2, -0.15) is 0 Å². The molecular weight excluding hydrogens is 340 g/mol. The SMILES string of the molecule is COc1ccccc1N1CCN(CC2COC(C)(C)C(C)O2)CC1.Cl. The van der Waals surface area contributed by atoms with Crippen molar-refractivity contribution in [3.8, 4) is 5.75 Å². The van der Waals surface area contributed by atoms with Crippen molar-refractivity contribution in [2.75, 3.05) is 51.3 Å². The smallest absolute Gasteiger partial charge is 0.142 e. The lowest BCUT2D eigenvalue weighted by Crippen LogP contribution is -2.54. The molecule has 2 heterocycles. The Bertz CT molecular complexity index is 547. The molecule has 1 aromatic rings. The summed E-state index contributed by atoms with van der Waals surface area (Å²) in [4.78, 5) is 4.88. The number of ether oxygens (including phenoxy) is 3. The Kier molecular flexibility index (Phi) is 6.97. The van der Waals surface area contributed by atoms with Gasteiger partial charge >= 0.3 is 0 Å². The summed E-state index contributed by atoms with van der Waals surface area (Å²) in [5, 5.41) is 0. The van der Waals surface area contributed by atoms with E-state index in [0.29, 0.717) is 6.61 Å². The number of methoxy groups -OCH3 is 1. The quantitative estimate of drug-likeness (QED) is 0.814. The zero-order valence-corrected chi connectivity index (χ0v) is 16.6. The van der Waals surface area contributed by atoms with Crippen LogP contribution in [0.15, 0.2) is 24.3 Å². The average Bonchev–Trinajstić information content (AvgIpc) is 2.59. The van der Waals surface area contributed by atoms with Gasteiger partial charge in [0.15, 0.2) is 0 Å². The van der Waals surface area contributed by atoms with Gasteiger partial charge < -0.3 is 19.1 Å². The van der Waals surface area contributed by atoms with Crippen molar-refractivity contribution in [1.82, 2.24) is 4.90 Å². The molecule has 0 saturated carbocycles. The summed E-state index contributed by atoms with van der Waals surface area (Å²) in [6.07, 6.45) is 0.303. The fraction of sp³-hybridized carbons (Fsp3) is 0.684. The van der Waals surface area contributed by atoms with E-state index in [1.165, 1.54) is 5.69 Å². The highest BCUT2D eigenvalue weighted by Gasteiger charge is 2.36. The van der Waals surface area contributed by atoms with E-state index >= 15 is 0 Å². The lowest BCUT2D eigenvalue weighted by molar-refractivity contribution is -0.217. The third kappa shape index (κ3) is 4.79. The van der Waals surface area contributed by atoms with E-state index < -0.39 is 0 Å². The first kappa shape index (κ1) is 20.3. The van der Waals surface area contributed by atoms with Crippen LogP contribution in [0.3, 0.4) is 0 Å². The highest BCUT2D eigenvalue weighted by molar-refractivity contribution is 5.85. The van der Waals surface area contributed by atoms with E-state index in [4.69, 9.17) is 14.2 Å². The van der Waals surface area contributed by atoms with Gasteiger partial charge in [-0.15, -0.1) is 12.4 Å². The first-order valence-corrected chi connectivity index (χ1v) is 8.89. The number of para-hydroxylation sites is 2. The monoisotopic (exact) mass is 370 g/mol. The Morgan fingerprint density at radius 1 is 1.16 bits per heavy atom. The van der Waals surface area contributed by atoms with Crippen molar-refractivity contribution in [3.05, 3.63) is 24.3 Å². The summed E-state index contributed by atoms with van der Waals surface area (Å²) >= 11 is 0. The predicted molar refractivity (Wildman–Crippen MR) is 103 cm³/mol. The molecule has 0 aromatic heterocycles. The van der Waals surface area contributed by atoms with Gasteiger partial charge in [0.25, 0.3) is 0 Å². The molecule has 2 fully saturated rings. The predicted octanol–water partition coefficient (Wildman–Crippen LogP) is 2.82. The fourth-order valence-electron chi connectivity index (χ4n) is 3.36. The number of rotatable bonds is 4. The van der Waals surface area contributed by atoms with Crippen molar-refractivity contribution >= 4 is 18.1 Å². The average molecular weight is 371 g/mol. The van der Waals surface area contributed by atoms with Crippen LogP contribution in [-0.4, -0.2) is 69.1 Å². The molecule has 2 unspecified atom stereocenters. The molecule has 2 aliphatic rings. The van der Waals surface area contributed by atoms with Crippen LogP contribution >= 0.6 is 12.4 Å². The summed E-state index contributed by atoms with van der Waals surface area (Å²) in [7, 11) is 1.73. The lowest BCUT2D eigenvalue weighted by Gasteiger charge is -2.43. The molecule has 0 bridgehead atoms. The van der Waals surface area contributed by atoms with Crippen molar-refractivity contribution < 1.29 is 14.2 Å². The van der Waals surface area contributed by atoms with Crippen LogP contribution < -0.4 is 9.64 Å². The maximum absolute atomic E-state index is 6.15. The molecule has 3 rings (SSSR count). The van der Waals surface area contributed by atoms with E-state index in [0.717, 1.165) is 38.5 Å². The summed E-state index contributed by atoms with van der Waals surface area (Å²) in [6, 6.07) is 8.25. The molecule has 142 valence electrons. The normalized spacial score (nSPS) is 26.8. The Morgan fingerprint density at radius 3 is 2.48 bits per heavy atom. The zero-order chi connectivity index (χ0) is 17.2. The molecule has 5 nitrogen and oxygen atoms in total. The maximum Gasteiger partial charge on any atom is 0.142 e. The minimum Gasteiger partial charge on any atom is -0.495 e. The van der Waals surface area contributed by atoms with Crippen LogP contribution in [0.1, 0.15) is 20.8 Å². The van der Waals surface area contributed by atoms with Crippen molar-refractivity contribution in [1.29, 1.82) is 0 Å². The van der Waals surface area contributed by atoms with Gasteiger partial charge in [-0.25, -0.2) is 0 Å². The van der Waals surface area contributed by atoms with Crippen LogP contribution in [0.5, 0.6) is 5.75 Å². The molecule has 0 N–H and O–H groups in total. The lowest BCUT2D eigenvalue weighted by atomic mass is 10.0. The van der Waals surface area contributed by atoms with Gasteiger partial charge in [-0.3, -0.25) is 4.90 Å². The summed E-state index contributed by atoms with van der Waals surface area (Å²) in [5.74, 6) is 0.950. The van der Waals surface area contributed by atoms with E-state index in [1.54, 1.807) is 7.11 Å². The largest absolute Gasteiger partial charge is 0.495 e. The van der Waals surface area contributed by atoms with Crippen LogP contribution in [0.25, 0.3) is 0 Å². The third-order valence-electron chi connectivity index (χ3n) is 5.28. The van der Waals surface area contributed by atoms with Gasteiger partial charge in [0, 0.05) is 32.7 Å². The van der Waals surface area contributed by atoms with Crippen LogP contribution in [0, 0.1) is 0 Å². The number of piperazine rings is 1. The van der Waals surface area contributed by atoms with Gasteiger partial charge in [0.2, 0.25) is 0 Å². The Morgan fingerprint density at radius 2 is 1.84 bits per heavy atom. The van der Waals surface area contributed by atoms with Crippen molar-refractivity contribution in [3.63, 3.8) is 0 Å². The molecule has 0 spiro atoms. The number of nitrogens with zero attached hydrogens (tertiary/aromatic N) is 2. The molecule has 0 aliphatic carbocycles. The van der Waals surface area contributed by atoms with E-state index in [1.807, 2.05) is 12.1 Å². The first-order valence-electron chi connectivity index (χ1n) is 8.89. The molecular formula is C19H31ClN2O3. The maximum atomic E-state index is 6.15. The number of halogens is 1. The highest BCUT2D eigenvalue weighted by atomic mass is 35.5. The molecule has 25 heavy (non-hydrogen) atoms. The Hall–Kier alpha value is -1.01. The minimum absolute atomic E-state index is 0. The molecule has 2 aliphatic heterocycles. The van der Waals surface area contributed by atoms with E-state index in [2.05, 4.69) is 42.7 Å². The number of anilines is 1.